The van der Waals surface area contributed by atoms with Crippen LogP contribution in [0.5, 0.6) is 5.75 Å². The van der Waals surface area contributed by atoms with E-state index in [0.717, 1.165) is 38.0 Å². The standard InChI is InChI=1S/C26H32ClN7O3/c1-29-21(35)13-34-7-5-14-10-19(20(37-2)11-15(14)6-8-34)31-26-30-12-18(27)25(33-26)32-23-17-4-3-16(9-17)22(23)24(28)36/h3-4,10-12,16-17,22-23H,5-9,13H2,1-2H3,(H2,28,36)(H,29,35)(H2,30,31,32,33). The first-order valence-corrected chi connectivity index (χ1v) is 12.9. The third-order valence-electron chi connectivity index (χ3n) is 7.64. The molecule has 0 spiro atoms. The van der Waals surface area contributed by atoms with Gasteiger partial charge in [-0.25, -0.2) is 4.98 Å². The van der Waals surface area contributed by atoms with Crippen LogP contribution in [0.1, 0.15) is 17.5 Å². The van der Waals surface area contributed by atoms with Gasteiger partial charge in [0.15, 0.2) is 5.82 Å². The molecular formula is C26H32ClN7O3. The van der Waals surface area contributed by atoms with E-state index in [1.807, 2.05) is 6.07 Å². The van der Waals surface area contributed by atoms with Gasteiger partial charge >= 0.3 is 0 Å². The molecule has 1 aliphatic heterocycles. The second-order valence-electron chi connectivity index (χ2n) is 9.83. The van der Waals surface area contributed by atoms with Gasteiger partial charge in [0.2, 0.25) is 17.8 Å². The largest absolute Gasteiger partial charge is 0.495 e. The van der Waals surface area contributed by atoms with E-state index in [2.05, 4.69) is 49.0 Å². The number of fused-ring (bicyclic) bond motifs is 3. The van der Waals surface area contributed by atoms with Crippen molar-refractivity contribution in [1.82, 2.24) is 20.2 Å². The highest BCUT2D eigenvalue weighted by Crippen LogP contribution is 2.45. The molecule has 1 aromatic carbocycles. The number of nitrogens with one attached hydrogen (secondary N) is 3. The molecular weight excluding hydrogens is 494 g/mol. The summed E-state index contributed by atoms with van der Waals surface area (Å²) in [6.45, 7) is 1.98. The normalized spacial score (nSPS) is 24.3. The Kier molecular flexibility index (Phi) is 7.21. The van der Waals surface area contributed by atoms with Gasteiger partial charge in [0.1, 0.15) is 10.8 Å². The molecule has 2 heterocycles. The van der Waals surface area contributed by atoms with Crippen molar-refractivity contribution in [2.75, 3.05) is 44.4 Å². The van der Waals surface area contributed by atoms with Crippen LogP contribution in [0, 0.1) is 17.8 Å². The number of halogens is 1. The lowest BCUT2D eigenvalue weighted by atomic mass is 9.88. The number of carbonyl (C=O) groups excluding carboxylic acids is 2. The van der Waals surface area contributed by atoms with Gasteiger partial charge in [-0.2, -0.15) is 4.98 Å². The van der Waals surface area contributed by atoms with E-state index in [1.165, 1.54) is 17.3 Å². The van der Waals surface area contributed by atoms with E-state index < -0.39 is 0 Å². The van der Waals surface area contributed by atoms with Crippen molar-refractivity contribution >= 4 is 40.9 Å². The number of rotatable bonds is 8. The van der Waals surface area contributed by atoms with Crippen LogP contribution in [0.3, 0.4) is 0 Å². The molecule has 2 aliphatic carbocycles. The number of nitrogens with zero attached hydrogens (tertiary/aromatic N) is 3. The average molecular weight is 526 g/mol. The van der Waals surface area contributed by atoms with Crippen molar-refractivity contribution < 1.29 is 14.3 Å². The van der Waals surface area contributed by atoms with Crippen LogP contribution in [0.2, 0.25) is 5.02 Å². The smallest absolute Gasteiger partial charge is 0.233 e. The number of aromatic nitrogens is 2. The summed E-state index contributed by atoms with van der Waals surface area (Å²) in [4.78, 5) is 35.1. The highest BCUT2D eigenvalue weighted by Gasteiger charge is 2.47. The number of hydrogen-bond acceptors (Lipinski definition) is 8. The first kappa shape index (κ1) is 25.3. The third-order valence-corrected chi connectivity index (χ3v) is 7.92. The summed E-state index contributed by atoms with van der Waals surface area (Å²) in [5.74, 6) is 1.24. The minimum atomic E-state index is -0.318. The number of anilines is 3. The predicted octanol–water partition coefficient (Wildman–Crippen LogP) is 2.12. The van der Waals surface area contributed by atoms with Gasteiger partial charge < -0.3 is 26.4 Å². The zero-order valence-corrected chi connectivity index (χ0v) is 21.7. The molecule has 4 atom stereocenters. The predicted molar refractivity (Wildman–Crippen MR) is 142 cm³/mol. The first-order chi connectivity index (χ1) is 17.9. The average Bonchev–Trinajstić information content (AvgIpc) is 3.44. The molecule has 1 saturated carbocycles. The van der Waals surface area contributed by atoms with Gasteiger partial charge in [0.05, 0.1) is 31.5 Å². The second-order valence-corrected chi connectivity index (χ2v) is 10.2. The van der Waals surface area contributed by atoms with Gasteiger partial charge in [0.25, 0.3) is 0 Å². The maximum Gasteiger partial charge on any atom is 0.233 e. The van der Waals surface area contributed by atoms with Gasteiger partial charge in [-0.15, -0.1) is 0 Å². The van der Waals surface area contributed by atoms with Crippen molar-refractivity contribution in [3.05, 3.63) is 46.6 Å². The molecule has 2 aromatic rings. The summed E-state index contributed by atoms with van der Waals surface area (Å²) in [5, 5.41) is 9.70. The van der Waals surface area contributed by atoms with E-state index >= 15 is 0 Å². The van der Waals surface area contributed by atoms with Crippen molar-refractivity contribution in [3.63, 3.8) is 0 Å². The summed E-state index contributed by atoms with van der Waals surface area (Å²) in [7, 11) is 3.28. The Morgan fingerprint density at radius 3 is 2.62 bits per heavy atom. The SMILES string of the molecule is CNC(=O)CN1CCc2cc(Nc3ncc(Cl)c(NC4C5C=CC(C5)C4C(N)=O)n3)c(OC)cc2CC1. The second kappa shape index (κ2) is 10.5. The zero-order valence-electron chi connectivity index (χ0n) is 21.0. The first-order valence-electron chi connectivity index (χ1n) is 12.5. The topological polar surface area (TPSA) is 134 Å². The lowest BCUT2D eigenvalue weighted by molar-refractivity contribution is -0.123. The number of hydrogen-bond donors (Lipinski definition) is 4. The number of carbonyl (C=O) groups is 2. The lowest BCUT2D eigenvalue weighted by Gasteiger charge is -2.27. The Morgan fingerprint density at radius 1 is 1.19 bits per heavy atom. The van der Waals surface area contributed by atoms with Gasteiger partial charge in [-0.3, -0.25) is 14.5 Å². The molecule has 0 radical (unpaired) electrons. The van der Waals surface area contributed by atoms with Crippen molar-refractivity contribution in [1.29, 1.82) is 0 Å². The molecule has 1 fully saturated rings. The van der Waals surface area contributed by atoms with Gasteiger partial charge in [-0.1, -0.05) is 23.8 Å². The van der Waals surface area contributed by atoms with Crippen LogP contribution in [0.4, 0.5) is 17.5 Å². The van der Waals surface area contributed by atoms with E-state index in [4.69, 9.17) is 22.1 Å². The number of methoxy groups -OCH3 is 1. The fourth-order valence-corrected chi connectivity index (χ4v) is 5.87. The lowest BCUT2D eigenvalue weighted by Crippen LogP contribution is -2.41. The minimum absolute atomic E-state index is 0.0128. The molecule has 4 unspecified atom stereocenters. The molecule has 1 aromatic heterocycles. The number of amides is 2. The summed E-state index contributed by atoms with van der Waals surface area (Å²) >= 11 is 6.43. The Labute approximate surface area is 221 Å². The van der Waals surface area contributed by atoms with Crippen molar-refractivity contribution in [2.45, 2.75) is 25.3 Å². The molecule has 3 aliphatic rings. The molecule has 37 heavy (non-hydrogen) atoms. The fraction of sp³-hybridized carbons (Fsp3) is 0.462. The Bertz CT molecular complexity index is 1240. The van der Waals surface area contributed by atoms with Gasteiger partial charge in [0, 0.05) is 26.2 Å². The third kappa shape index (κ3) is 5.21. The Hall–Kier alpha value is -3.37. The molecule has 2 amide bonds. The van der Waals surface area contributed by atoms with Crippen LogP contribution in [0.15, 0.2) is 30.5 Å². The molecule has 11 heteroatoms. The number of allylic oxidation sites excluding steroid dienone is 1. The molecule has 10 nitrogen and oxygen atoms in total. The van der Waals surface area contributed by atoms with E-state index in [1.54, 1.807) is 14.2 Å². The monoisotopic (exact) mass is 525 g/mol. The fourth-order valence-electron chi connectivity index (χ4n) is 5.72. The number of benzene rings is 1. The van der Waals surface area contributed by atoms with E-state index in [9.17, 15) is 9.59 Å². The summed E-state index contributed by atoms with van der Waals surface area (Å²) < 4.78 is 5.67. The van der Waals surface area contributed by atoms with Gasteiger partial charge in [-0.05, 0) is 54.4 Å². The number of nitrogens with two attached hydrogens (primary N) is 1. The van der Waals surface area contributed by atoms with Crippen molar-refractivity contribution in [3.8, 4) is 5.75 Å². The molecule has 5 rings (SSSR count). The van der Waals surface area contributed by atoms with Crippen LogP contribution < -0.4 is 26.4 Å². The Balaban J connectivity index is 1.35. The zero-order chi connectivity index (χ0) is 26.1. The summed E-state index contributed by atoms with van der Waals surface area (Å²) in [6, 6.07) is 3.94. The minimum Gasteiger partial charge on any atom is -0.495 e. The molecule has 5 N–H and O–H groups in total. The summed E-state index contributed by atoms with van der Waals surface area (Å²) in [5.41, 5.74) is 8.84. The highest BCUT2D eigenvalue weighted by atomic mass is 35.5. The van der Waals surface area contributed by atoms with E-state index in [-0.39, 0.29) is 35.6 Å². The van der Waals surface area contributed by atoms with Crippen molar-refractivity contribution in [2.24, 2.45) is 23.5 Å². The maximum atomic E-state index is 12.1. The molecule has 196 valence electrons. The molecule has 0 saturated heterocycles. The van der Waals surface area contributed by atoms with E-state index in [0.29, 0.717) is 29.1 Å². The highest BCUT2D eigenvalue weighted by molar-refractivity contribution is 6.32. The molecule has 2 bridgehead atoms. The van der Waals surface area contributed by atoms with Crippen LogP contribution >= 0.6 is 11.6 Å². The number of likely N-dealkylation sites (N-methyl/N-ethyl adjacent to an activating group) is 1. The Morgan fingerprint density at radius 2 is 1.92 bits per heavy atom. The number of ether oxygens (including phenoxy) is 1. The summed E-state index contributed by atoms with van der Waals surface area (Å²) in [6.07, 6.45) is 8.28. The number of primary amides is 1. The quantitative estimate of drug-likeness (QED) is 0.385. The van der Waals surface area contributed by atoms with Crippen LogP contribution in [0.25, 0.3) is 0 Å². The van der Waals surface area contributed by atoms with Crippen LogP contribution in [-0.4, -0.2) is 66.5 Å². The maximum absolute atomic E-state index is 12.1. The van der Waals surface area contributed by atoms with Crippen LogP contribution in [-0.2, 0) is 22.4 Å².